The van der Waals surface area contributed by atoms with Gasteiger partial charge in [-0.05, 0) is 23.7 Å². The van der Waals surface area contributed by atoms with Gasteiger partial charge >= 0.3 is 0 Å². The molecule has 0 saturated heterocycles. The normalized spacial score (nSPS) is 15.9. The smallest absolute Gasteiger partial charge is 0.192 e. The minimum atomic E-state index is -1.78. The van der Waals surface area contributed by atoms with Crippen LogP contribution in [-0.2, 0) is 4.43 Å². The van der Waals surface area contributed by atoms with Gasteiger partial charge in [0.15, 0.2) is 8.32 Å². The van der Waals surface area contributed by atoms with Crippen molar-refractivity contribution in [3.63, 3.8) is 0 Å². The van der Waals surface area contributed by atoms with Crippen molar-refractivity contribution in [2.75, 3.05) is 0 Å². The van der Waals surface area contributed by atoms with E-state index in [1.807, 2.05) is 12.1 Å². The van der Waals surface area contributed by atoms with Crippen molar-refractivity contribution in [1.29, 1.82) is 0 Å². The summed E-state index contributed by atoms with van der Waals surface area (Å²) in [5.74, 6) is 0.316. The van der Waals surface area contributed by atoms with Crippen LogP contribution in [0.4, 0.5) is 0 Å². The summed E-state index contributed by atoms with van der Waals surface area (Å²) in [5.41, 5.74) is 1.25. The predicted molar refractivity (Wildman–Crippen MR) is 86.8 cm³/mol. The zero-order chi connectivity index (χ0) is 14.7. The molecule has 0 N–H and O–H groups in total. The molecule has 106 valence electrons. The maximum atomic E-state index is 6.61. The molecule has 2 heteroatoms. The highest BCUT2D eigenvalue weighted by atomic mass is 28.4. The maximum Gasteiger partial charge on any atom is 0.192 e. The van der Waals surface area contributed by atoms with Crippen molar-refractivity contribution in [2.24, 2.45) is 5.92 Å². The molecule has 0 unspecified atom stereocenters. The van der Waals surface area contributed by atoms with Crippen LogP contribution in [0.1, 0.15) is 39.4 Å². The van der Waals surface area contributed by atoms with Gasteiger partial charge in [-0.25, -0.2) is 0 Å². The van der Waals surface area contributed by atoms with Crippen LogP contribution < -0.4 is 0 Å². The molecule has 0 aliphatic heterocycles. The van der Waals surface area contributed by atoms with Crippen LogP contribution in [-0.4, -0.2) is 8.32 Å². The van der Waals surface area contributed by atoms with Crippen molar-refractivity contribution in [1.82, 2.24) is 0 Å². The van der Waals surface area contributed by atoms with Crippen molar-refractivity contribution in [3.05, 3.63) is 48.6 Å². The average Bonchev–Trinajstić information content (AvgIpc) is 2.35. The minimum Gasteiger partial charge on any atom is -0.409 e. The van der Waals surface area contributed by atoms with Crippen LogP contribution in [0.2, 0.25) is 18.1 Å². The Bertz CT molecular complexity index is 403. The second-order valence-corrected chi connectivity index (χ2v) is 11.6. The third-order valence-corrected chi connectivity index (χ3v) is 8.66. The summed E-state index contributed by atoms with van der Waals surface area (Å²) in [6, 6.07) is 10.5. The van der Waals surface area contributed by atoms with Gasteiger partial charge in [0, 0.05) is 5.92 Å². The summed E-state index contributed by atoms with van der Waals surface area (Å²) >= 11 is 0. The molecule has 19 heavy (non-hydrogen) atoms. The van der Waals surface area contributed by atoms with E-state index in [0.29, 0.717) is 5.92 Å². The van der Waals surface area contributed by atoms with E-state index in [4.69, 9.17) is 4.43 Å². The highest BCUT2D eigenvalue weighted by Gasteiger charge is 2.40. The topological polar surface area (TPSA) is 9.23 Å². The lowest BCUT2D eigenvalue weighted by Crippen LogP contribution is -2.42. The van der Waals surface area contributed by atoms with E-state index < -0.39 is 8.32 Å². The third kappa shape index (κ3) is 4.05. The minimum absolute atomic E-state index is 0.111. The molecule has 0 heterocycles. The van der Waals surface area contributed by atoms with E-state index in [-0.39, 0.29) is 11.1 Å². The summed E-state index contributed by atoms with van der Waals surface area (Å²) in [7, 11) is -1.78. The van der Waals surface area contributed by atoms with E-state index in [1.54, 1.807) is 0 Å². The van der Waals surface area contributed by atoms with Gasteiger partial charge in [-0.3, -0.25) is 0 Å². The largest absolute Gasteiger partial charge is 0.409 e. The van der Waals surface area contributed by atoms with Crippen LogP contribution in [0.5, 0.6) is 0 Å². The van der Waals surface area contributed by atoms with Crippen LogP contribution in [0.15, 0.2) is 43.0 Å². The zero-order valence-electron chi connectivity index (χ0n) is 13.2. The fourth-order valence-electron chi connectivity index (χ4n) is 1.74. The monoisotopic (exact) mass is 276 g/mol. The van der Waals surface area contributed by atoms with Crippen LogP contribution in [0.3, 0.4) is 0 Å². The molecule has 0 spiro atoms. The Labute approximate surface area is 119 Å². The number of rotatable bonds is 5. The Morgan fingerprint density at radius 2 is 1.68 bits per heavy atom. The van der Waals surface area contributed by atoms with Crippen LogP contribution in [0, 0.1) is 5.92 Å². The van der Waals surface area contributed by atoms with Crippen LogP contribution >= 0.6 is 0 Å². The molecule has 0 aliphatic carbocycles. The van der Waals surface area contributed by atoms with E-state index in [9.17, 15) is 0 Å². The molecule has 2 atom stereocenters. The fourth-order valence-corrected chi connectivity index (χ4v) is 3.08. The van der Waals surface area contributed by atoms with E-state index in [0.717, 1.165) is 0 Å². The van der Waals surface area contributed by atoms with Gasteiger partial charge in [0.1, 0.15) is 0 Å². The molecule has 0 amide bonds. The first-order valence-electron chi connectivity index (χ1n) is 7.04. The third-order valence-electron chi connectivity index (χ3n) is 4.21. The Morgan fingerprint density at radius 3 is 2.11 bits per heavy atom. The molecule has 1 rings (SSSR count). The Morgan fingerprint density at radius 1 is 1.16 bits per heavy atom. The predicted octanol–water partition coefficient (Wildman–Crippen LogP) is 5.57. The highest BCUT2D eigenvalue weighted by Crippen LogP contribution is 2.41. The molecule has 1 aromatic rings. The second kappa shape index (κ2) is 6.06. The molecule has 0 aromatic heterocycles. The first kappa shape index (κ1) is 16.2. The Hall–Kier alpha value is -0.863. The maximum absolute atomic E-state index is 6.61. The second-order valence-electron chi connectivity index (χ2n) is 6.80. The van der Waals surface area contributed by atoms with Gasteiger partial charge in [0.05, 0.1) is 6.10 Å². The quantitative estimate of drug-likeness (QED) is 0.504. The molecule has 1 aromatic carbocycles. The molecule has 0 bridgehead atoms. The van der Waals surface area contributed by atoms with Crippen LogP contribution in [0.25, 0.3) is 0 Å². The number of hydrogen-bond acceptors (Lipinski definition) is 1. The van der Waals surface area contributed by atoms with Gasteiger partial charge < -0.3 is 4.43 Å². The standard InChI is InChI=1S/C17H28OSi/c1-8-14(2)16(15-12-10-9-11-13-15)18-19(6,7)17(3,4)5/h8-14,16H,1H2,2-7H3/t14-,16-/m0/s1. The summed E-state index contributed by atoms with van der Waals surface area (Å²) < 4.78 is 6.61. The van der Waals surface area contributed by atoms with E-state index in [1.165, 1.54) is 5.56 Å². The lowest BCUT2D eigenvalue weighted by molar-refractivity contribution is 0.147. The molecule has 0 aliphatic rings. The lowest BCUT2D eigenvalue weighted by atomic mass is 9.98. The molecule has 0 radical (unpaired) electrons. The summed E-state index contributed by atoms with van der Waals surface area (Å²) in [6.45, 7) is 17.6. The van der Waals surface area contributed by atoms with Gasteiger partial charge in [-0.2, -0.15) is 0 Å². The van der Waals surface area contributed by atoms with Crippen molar-refractivity contribution in [3.8, 4) is 0 Å². The summed E-state index contributed by atoms with van der Waals surface area (Å²) in [4.78, 5) is 0. The highest BCUT2D eigenvalue weighted by molar-refractivity contribution is 6.74. The molecular weight excluding hydrogens is 248 g/mol. The lowest BCUT2D eigenvalue weighted by Gasteiger charge is -2.40. The van der Waals surface area contributed by atoms with Crippen molar-refractivity contribution in [2.45, 2.75) is 51.9 Å². The first-order valence-corrected chi connectivity index (χ1v) is 9.95. The molecule has 1 nitrogen and oxygen atoms in total. The van der Waals surface area contributed by atoms with Gasteiger partial charge in [-0.1, -0.05) is 64.1 Å². The Balaban J connectivity index is 3.04. The van der Waals surface area contributed by atoms with Gasteiger partial charge in [-0.15, -0.1) is 6.58 Å². The summed E-state index contributed by atoms with van der Waals surface area (Å²) in [5, 5.41) is 0.223. The molecule has 0 saturated carbocycles. The number of benzene rings is 1. The SMILES string of the molecule is C=C[C@H](C)[C@H](O[Si](C)(C)C(C)(C)C)c1ccccc1. The number of hydrogen-bond donors (Lipinski definition) is 0. The summed E-state index contributed by atoms with van der Waals surface area (Å²) in [6.07, 6.45) is 2.10. The fraction of sp³-hybridized carbons (Fsp3) is 0.529. The van der Waals surface area contributed by atoms with Crippen molar-refractivity contribution < 1.29 is 4.43 Å². The van der Waals surface area contributed by atoms with E-state index in [2.05, 4.69) is 71.6 Å². The van der Waals surface area contributed by atoms with E-state index >= 15 is 0 Å². The first-order chi connectivity index (χ1) is 8.69. The zero-order valence-corrected chi connectivity index (χ0v) is 14.2. The van der Waals surface area contributed by atoms with Crippen molar-refractivity contribution >= 4 is 8.32 Å². The van der Waals surface area contributed by atoms with Gasteiger partial charge in [0.25, 0.3) is 0 Å². The van der Waals surface area contributed by atoms with Gasteiger partial charge in [0.2, 0.25) is 0 Å². The molecule has 0 fully saturated rings. The molecular formula is C17H28OSi. The average molecular weight is 276 g/mol. The Kier molecular flexibility index (Phi) is 5.16.